The van der Waals surface area contributed by atoms with Gasteiger partial charge in [-0.25, -0.2) is 5.43 Å². The van der Waals surface area contributed by atoms with Crippen molar-refractivity contribution in [1.29, 1.82) is 0 Å². The zero-order valence-corrected chi connectivity index (χ0v) is 15.1. The molecule has 7 heteroatoms. The highest BCUT2D eigenvalue weighted by molar-refractivity contribution is 6.07. The van der Waals surface area contributed by atoms with Crippen LogP contribution in [0, 0.1) is 6.92 Å². The van der Waals surface area contributed by atoms with E-state index in [0.717, 1.165) is 35.4 Å². The molecule has 0 fully saturated rings. The number of hydrogen-bond acceptors (Lipinski definition) is 5. The molecule has 2 aromatic rings. The minimum atomic E-state index is -0.371. The topological polar surface area (TPSA) is 96.6 Å². The molecule has 3 rings (SSSR count). The zero-order chi connectivity index (χ0) is 18.7. The second-order valence-electron chi connectivity index (χ2n) is 6.55. The van der Waals surface area contributed by atoms with Crippen LogP contribution >= 0.6 is 0 Å². The van der Waals surface area contributed by atoms with E-state index >= 15 is 0 Å². The third-order valence-electron chi connectivity index (χ3n) is 4.14. The lowest BCUT2D eigenvalue weighted by molar-refractivity contribution is 0.0911. The third-order valence-corrected chi connectivity index (χ3v) is 4.14. The van der Waals surface area contributed by atoms with Crippen LogP contribution in [0.2, 0.25) is 0 Å². The van der Waals surface area contributed by atoms with Crippen molar-refractivity contribution in [1.82, 2.24) is 15.7 Å². The number of pyridine rings is 1. The molecule has 26 heavy (non-hydrogen) atoms. The number of aryl methyl sites for hydroxylation is 1. The van der Waals surface area contributed by atoms with Crippen molar-refractivity contribution >= 4 is 17.5 Å². The Morgan fingerprint density at radius 2 is 2.04 bits per heavy atom. The van der Waals surface area contributed by atoms with Gasteiger partial charge in [0.05, 0.1) is 5.71 Å². The normalized spacial score (nSPS) is 15.0. The van der Waals surface area contributed by atoms with Crippen molar-refractivity contribution in [2.24, 2.45) is 5.10 Å². The predicted molar refractivity (Wildman–Crippen MR) is 97.2 cm³/mol. The van der Waals surface area contributed by atoms with E-state index < -0.39 is 0 Å². The lowest BCUT2D eigenvalue weighted by atomic mass is 9.93. The lowest BCUT2D eigenvalue weighted by Crippen LogP contribution is -2.30. The van der Waals surface area contributed by atoms with E-state index in [-0.39, 0.29) is 17.9 Å². The molecule has 0 aliphatic heterocycles. The van der Waals surface area contributed by atoms with E-state index in [9.17, 15) is 9.59 Å². The van der Waals surface area contributed by atoms with E-state index in [0.29, 0.717) is 17.9 Å². The average molecular weight is 354 g/mol. The molecular formula is C19H22N4O3. The largest absolute Gasteiger partial charge is 0.455 e. The molecule has 2 N–H and O–H groups in total. The summed E-state index contributed by atoms with van der Waals surface area (Å²) in [4.78, 5) is 28.5. The van der Waals surface area contributed by atoms with Gasteiger partial charge in [0, 0.05) is 29.8 Å². The molecule has 1 aliphatic rings. The SMILES string of the molecule is Cc1c(C(=O)NC(C)C)oc2c1/C(=N/NC(=O)c1ccccn1)CCC2. The number of fused-ring (bicyclic) bond motifs is 1. The highest BCUT2D eigenvalue weighted by Crippen LogP contribution is 2.29. The summed E-state index contributed by atoms with van der Waals surface area (Å²) in [7, 11) is 0. The Bertz CT molecular complexity index is 853. The monoisotopic (exact) mass is 354 g/mol. The molecule has 2 aromatic heterocycles. The summed E-state index contributed by atoms with van der Waals surface area (Å²) in [6.07, 6.45) is 3.86. The fourth-order valence-corrected chi connectivity index (χ4v) is 3.00. The first kappa shape index (κ1) is 17.8. The number of carbonyl (C=O) groups is 2. The van der Waals surface area contributed by atoms with Gasteiger partial charge in [0.25, 0.3) is 11.8 Å². The first-order valence-corrected chi connectivity index (χ1v) is 8.68. The minimum Gasteiger partial charge on any atom is -0.455 e. The molecule has 0 unspecified atom stereocenters. The molecule has 0 aromatic carbocycles. The number of aromatic nitrogens is 1. The Morgan fingerprint density at radius 1 is 1.23 bits per heavy atom. The van der Waals surface area contributed by atoms with Crippen molar-refractivity contribution in [2.75, 3.05) is 0 Å². The summed E-state index contributed by atoms with van der Waals surface area (Å²) in [5.74, 6) is 0.454. The Morgan fingerprint density at radius 3 is 2.73 bits per heavy atom. The summed E-state index contributed by atoms with van der Waals surface area (Å²) in [5.41, 5.74) is 5.15. The average Bonchev–Trinajstić information content (AvgIpc) is 2.97. The van der Waals surface area contributed by atoms with Crippen LogP contribution in [-0.2, 0) is 6.42 Å². The van der Waals surface area contributed by atoms with Gasteiger partial charge >= 0.3 is 0 Å². The number of furan rings is 1. The summed E-state index contributed by atoms with van der Waals surface area (Å²) in [6, 6.07) is 5.14. The molecule has 7 nitrogen and oxygen atoms in total. The van der Waals surface area contributed by atoms with Crippen molar-refractivity contribution in [3.8, 4) is 0 Å². The Hall–Kier alpha value is -2.96. The lowest BCUT2D eigenvalue weighted by Gasteiger charge is -2.13. The summed E-state index contributed by atoms with van der Waals surface area (Å²) in [6.45, 7) is 5.64. The van der Waals surface area contributed by atoms with Crippen LogP contribution in [0.1, 0.15) is 64.6 Å². The molecule has 2 heterocycles. The van der Waals surface area contributed by atoms with Crippen LogP contribution in [0.4, 0.5) is 0 Å². The van der Waals surface area contributed by atoms with E-state index in [4.69, 9.17) is 4.42 Å². The van der Waals surface area contributed by atoms with Gasteiger partial charge in [-0.1, -0.05) is 6.07 Å². The fraction of sp³-hybridized carbons (Fsp3) is 0.368. The van der Waals surface area contributed by atoms with Gasteiger partial charge < -0.3 is 9.73 Å². The number of rotatable bonds is 4. The number of hydrogen-bond donors (Lipinski definition) is 2. The standard InChI is InChI=1S/C19H22N4O3/c1-11(2)21-19(25)17-12(3)16-13(8-6-9-15(16)26-17)22-23-18(24)14-7-4-5-10-20-14/h4-5,7,10-11H,6,8-9H2,1-3H3,(H,21,25)(H,23,24)/b22-13+. The van der Waals surface area contributed by atoms with Gasteiger partial charge in [0.2, 0.25) is 0 Å². The van der Waals surface area contributed by atoms with Gasteiger partial charge in [0.15, 0.2) is 5.76 Å². The molecule has 0 spiro atoms. The molecule has 1 aliphatic carbocycles. The van der Waals surface area contributed by atoms with Gasteiger partial charge in [-0.3, -0.25) is 14.6 Å². The van der Waals surface area contributed by atoms with E-state index in [1.807, 2.05) is 20.8 Å². The van der Waals surface area contributed by atoms with Gasteiger partial charge in [-0.05, 0) is 45.7 Å². The fourth-order valence-electron chi connectivity index (χ4n) is 3.00. The van der Waals surface area contributed by atoms with Crippen LogP contribution in [0.3, 0.4) is 0 Å². The number of nitrogens with one attached hydrogen (secondary N) is 2. The molecule has 0 radical (unpaired) electrons. The summed E-state index contributed by atoms with van der Waals surface area (Å²) >= 11 is 0. The molecular weight excluding hydrogens is 332 g/mol. The van der Waals surface area contributed by atoms with Gasteiger partial charge in [-0.2, -0.15) is 5.10 Å². The first-order valence-electron chi connectivity index (χ1n) is 8.68. The summed E-state index contributed by atoms with van der Waals surface area (Å²) < 4.78 is 5.80. The van der Waals surface area contributed by atoms with Crippen molar-refractivity contribution in [3.63, 3.8) is 0 Å². The van der Waals surface area contributed by atoms with Crippen molar-refractivity contribution in [3.05, 3.63) is 52.7 Å². The first-order chi connectivity index (χ1) is 12.5. The smallest absolute Gasteiger partial charge is 0.289 e. The van der Waals surface area contributed by atoms with Crippen molar-refractivity contribution < 1.29 is 14.0 Å². The van der Waals surface area contributed by atoms with Crippen LogP contribution in [-0.4, -0.2) is 28.6 Å². The molecule has 0 bridgehead atoms. The number of carbonyl (C=O) groups excluding carboxylic acids is 2. The van der Waals surface area contributed by atoms with Crippen LogP contribution in [0.15, 0.2) is 33.9 Å². The summed E-state index contributed by atoms with van der Waals surface area (Å²) in [5, 5.41) is 7.13. The Balaban J connectivity index is 1.85. The maximum atomic E-state index is 12.3. The van der Waals surface area contributed by atoms with Gasteiger partial charge in [0.1, 0.15) is 11.5 Å². The molecule has 0 saturated heterocycles. The van der Waals surface area contributed by atoms with Crippen LogP contribution in [0.5, 0.6) is 0 Å². The Kier molecular flexibility index (Phi) is 5.16. The quantitative estimate of drug-likeness (QED) is 0.825. The van der Waals surface area contributed by atoms with E-state index in [1.54, 1.807) is 24.4 Å². The number of amides is 2. The van der Waals surface area contributed by atoms with Crippen LogP contribution in [0.25, 0.3) is 0 Å². The van der Waals surface area contributed by atoms with E-state index in [1.165, 1.54) is 0 Å². The van der Waals surface area contributed by atoms with Crippen molar-refractivity contribution in [2.45, 2.75) is 46.1 Å². The number of hydrazone groups is 1. The third kappa shape index (κ3) is 3.66. The van der Waals surface area contributed by atoms with Gasteiger partial charge in [-0.15, -0.1) is 0 Å². The molecule has 2 amide bonds. The molecule has 0 atom stereocenters. The molecule has 0 saturated carbocycles. The minimum absolute atomic E-state index is 0.0230. The highest BCUT2D eigenvalue weighted by atomic mass is 16.4. The maximum Gasteiger partial charge on any atom is 0.289 e. The zero-order valence-electron chi connectivity index (χ0n) is 15.1. The second kappa shape index (κ2) is 7.51. The second-order valence-corrected chi connectivity index (χ2v) is 6.55. The highest BCUT2D eigenvalue weighted by Gasteiger charge is 2.28. The Labute approximate surface area is 151 Å². The predicted octanol–water partition coefficient (Wildman–Crippen LogP) is 2.59. The van der Waals surface area contributed by atoms with E-state index in [2.05, 4.69) is 20.8 Å². The number of nitrogens with zero attached hydrogens (tertiary/aromatic N) is 2. The van der Waals surface area contributed by atoms with Crippen LogP contribution < -0.4 is 10.7 Å². The maximum absolute atomic E-state index is 12.3. The molecule has 136 valence electrons.